The fourth-order valence-electron chi connectivity index (χ4n) is 2.67. The van der Waals surface area contributed by atoms with Gasteiger partial charge in [-0.2, -0.15) is 5.26 Å². The summed E-state index contributed by atoms with van der Waals surface area (Å²) in [4.78, 5) is 15.6. The Morgan fingerprint density at radius 2 is 2.03 bits per heavy atom. The van der Waals surface area contributed by atoms with Gasteiger partial charge >= 0.3 is 5.97 Å². The molecule has 4 rings (SSSR count). The predicted octanol–water partition coefficient (Wildman–Crippen LogP) is 4.44. The van der Waals surface area contributed by atoms with Crippen molar-refractivity contribution >= 4 is 28.6 Å². The number of benzene rings is 2. The van der Waals surface area contributed by atoms with E-state index in [0.29, 0.717) is 27.8 Å². The van der Waals surface area contributed by atoms with E-state index in [-0.39, 0.29) is 12.8 Å². The number of nitriles is 1. The first-order chi connectivity index (χ1) is 14.1. The molecule has 2 heterocycles. The highest BCUT2D eigenvalue weighted by atomic mass is 32.1. The van der Waals surface area contributed by atoms with Gasteiger partial charge in [0.15, 0.2) is 11.5 Å². The van der Waals surface area contributed by atoms with Crippen LogP contribution in [-0.4, -0.2) is 17.7 Å². The topological polar surface area (TPSA) is 93.5 Å². The van der Waals surface area contributed by atoms with Crippen LogP contribution in [0.2, 0.25) is 0 Å². The highest BCUT2D eigenvalue weighted by molar-refractivity contribution is 7.11. The summed E-state index contributed by atoms with van der Waals surface area (Å²) in [5.74, 6) is 1.47. The Hall–Kier alpha value is -3.83. The number of hydrogen-bond acceptors (Lipinski definition) is 8. The van der Waals surface area contributed by atoms with Gasteiger partial charge < -0.3 is 19.5 Å². The minimum Gasteiger partial charge on any atom is -0.454 e. The van der Waals surface area contributed by atoms with Gasteiger partial charge in [0.25, 0.3) is 0 Å². The van der Waals surface area contributed by atoms with Crippen LogP contribution < -0.4 is 19.5 Å². The lowest BCUT2D eigenvalue weighted by molar-refractivity contribution is -0.131. The molecule has 1 aliphatic rings. The van der Waals surface area contributed by atoms with Crippen molar-refractivity contribution in [1.82, 2.24) is 4.98 Å². The SMILES string of the molecule is CC(=O)Oc1ccc(-c2csc(/C(C#N)=C\Nc3ccc4c(c3)OCO4)n2)cc1. The maximum atomic E-state index is 11.0. The number of fused-ring (bicyclic) bond motifs is 1. The molecule has 3 aromatic rings. The fraction of sp³-hybridized carbons (Fsp3) is 0.0952. The monoisotopic (exact) mass is 405 g/mol. The van der Waals surface area contributed by atoms with E-state index in [2.05, 4.69) is 16.4 Å². The number of carbonyl (C=O) groups excluding carboxylic acids is 1. The molecule has 0 amide bonds. The van der Waals surface area contributed by atoms with Gasteiger partial charge in [-0.05, 0) is 36.4 Å². The molecule has 1 aromatic heterocycles. The van der Waals surface area contributed by atoms with Crippen molar-refractivity contribution in [1.29, 1.82) is 5.26 Å². The average Bonchev–Trinajstić information content (AvgIpc) is 3.38. The summed E-state index contributed by atoms with van der Waals surface area (Å²) in [5, 5.41) is 15.1. The summed E-state index contributed by atoms with van der Waals surface area (Å²) in [5.41, 5.74) is 2.79. The molecular weight excluding hydrogens is 390 g/mol. The van der Waals surface area contributed by atoms with Gasteiger partial charge in [-0.25, -0.2) is 4.98 Å². The molecule has 7 nitrogen and oxygen atoms in total. The summed E-state index contributed by atoms with van der Waals surface area (Å²) >= 11 is 1.38. The first-order valence-corrected chi connectivity index (χ1v) is 9.51. The van der Waals surface area contributed by atoms with E-state index >= 15 is 0 Å². The summed E-state index contributed by atoms with van der Waals surface area (Å²) < 4.78 is 15.7. The first-order valence-electron chi connectivity index (χ1n) is 8.63. The van der Waals surface area contributed by atoms with Crippen molar-refractivity contribution in [2.75, 3.05) is 12.1 Å². The zero-order chi connectivity index (χ0) is 20.2. The van der Waals surface area contributed by atoms with E-state index in [4.69, 9.17) is 14.2 Å². The van der Waals surface area contributed by atoms with Gasteiger partial charge in [0.2, 0.25) is 6.79 Å². The van der Waals surface area contributed by atoms with Crippen LogP contribution in [0.3, 0.4) is 0 Å². The third-order valence-electron chi connectivity index (χ3n) is 4.02. The van der Waals surface area contributed by atoms with Crippen LogP contribution in [0.25, 0.3) is 16.8 Å². The predicted molar refractivity (Wildman–Crippen MR) is 109 cm³/mol. The molecule has 8 heteroatoms. The molecule has 0 bridgehead atoms. The van der Waals surface area contributed by atoms with Crippen LogP contribution in [0.5, 0.6) is 17.2 Å². The molecule has 0 saturated carbocycles. The largest absolute Gasteiger partial charge is 0.454 e. The molecule has 0 spiro atoms. The Morgan fingerprint density at radius 3 is 2.79 bits per heavy atom. The Balaban J connectivity index is 1.50. The Morgan fingerprint density at radius 1 is 1.24 bits per heavy atom. The first kappa shape index (κ1) is 18.5. The summed E-state index contributed by atoms with van der Waals surface area (Å²) in [6.07, 6.45) is 1.62. The fourth-order valence-corrected chi connectivity index (χ4v) is 3.47. The minimum absolute atomic E-state index is 0.210. The second kappa shape index (κ2) is 8.04. The van der Waals surface area contributed by atoms with Gasteiger partial charge in [-0.15, -0.1) is 11.3 Å². The van der Waals surface area contributed by atoms with Crippen LogP contribution >= 0.6 is 11.3 Å². The summed E-state index contributed by atoms with van der Waals surface area (Å²) in [6.45, 7) is 1.57. The standard InChI is InChI=1S/C21H15N3O4S/c1-13(25)28-17-5-2-14(3-6-17)18-11-29-21(24-18)15(9-22)10-23-16-4-7-19-20(8-16)27-12-26-19/h2-8,10-11,23H,12H2,1H3/b15-10-. The van der Waals surface area contributed by atoms with Gasteiger partial charge in [-0.1, -0.05) is 0 Å². The van der Waals surface area contributed by atoms with Crippen molar-refractivity contribution in [2.45, 2.75) is 6.92 Å². The zero-order valence-electron chi connectivity index (χ0n) is 15.3. The van der Waals surface area contributed by atoms with E-state index in [1.165, 1.54) is 18.3 Å². The van der Waals surface area contributed by atoms with Gasteiger partial charge in [-0.3, -0.25) is 4.79 Å². The molecule has 0 atom stereocenters. The maximum absolute atomic E-state index is 11.0. The van der Waals surface area contributed by atoms with Gasteiger partial charge in [0.05, 0.1) is 5.69 Å². The van der Waals surface area contributed by atoms with E-state index < -0.39 is 0 Å². The number of aromatic nitrogens is 1. The number of ether oxygens (including phenoxy) is 3. The molecule has 144 valence electrons. The van der Waals surface area contributed by atoms with Crippen LogP contribution in [0.1, 0.15) is 11.9 Å². The molecule has 1 aliphatic heterocycles. The van der Waals surface area contributed by atoms with E-state index in [9.17, 15) is 10.1 Å². The second-order valence-electron chi connectivity index (χ2n) is 6.04. The third-order valence-corrected chi connectivity index (χ3v) is 4.90. The smallest absolute Gasteiger partial charge is 0.308 e. The maximum Gasteiger partial charge on any atom is 0.308 e. The highest BCUT2D eigenvalue weighted by Gasteiger charge is 2.13. The van der Waals surface area contributed by atoms with Crippen LogP contribution in [0.4, 0.5) is 5.69 Å². The lowest BCUT2D eigenvalue weighted by Gasteiger charge is -2.03. The number of anilines is 1. The van der Waals surface area contributed by atoms with E-state index in [1.54, 1.807) is 18.3 Å². The zero-order valence-corrected chi connectivity index (χ0v) is 16.2. The Labute approximate surface area is 170 Å². The molecule has 0 aliphatic carbocycles. The minimum atomic E-state index is -0.368. The molecule has 2 aromatic carbocycles. The average molecular weight is 405 g/mol. The van der Waals surface area contributed by atoms with Crippen molar-refractivity contribution < 1.29 is 19.0 Å². The summed E-state index contributed by atoms with van der Waals surface area (Å²) in [7, 11) is 0. The molecule has 0 unspecified atom stereocenters. The molecule has 1 N–H and O–H groups in total. The van der Waals surface area contributed by atoms with Gasteiger partial charge in [0, 0.05) is 35.8 Å². The summed E-state index contributed by atoms with van der Waals surface area (Å²) in [6, 6.07) is 14.7. The number of nitrogens with one attached hydrogen (secondary N) is 1. The van der Waals surface area contributed by atoms with E-state index in [0.717, 1.165) is 16.9 Å². The quantitative estimate of drug-likeness (QED) is 0.381. The molecular formula is C21H15N3O4S. The number of nitrogens with zero attached hydrogens (tertiary/aromatic N) is 2. The third kappa shape index (κ3) is 4.20. The number of hydrogen-bond donors (Lipinski definition) is 1. The normalized spacial score (nSPS) is 12.3. The number of esters is 1. The molecule has 29 heavy (non-hydrogen) atoms. The molecule has 0 saturated heterocycles. The van der Waals surface area contributed by atoms with Crippen molar-refractivity contribution in [3.05, 3.63) is 59.1 Å². The van der Waals surface area contributed by atoms with Crippen LogP contribution in [0, 0.1) is 11.3 Å². The van der Waals surface area contributed by atoms with Crippen LogP contribution in [0.15, 0.2) is 54.0 Å². The lowest BCUT2D eigenvalue weighted by atomic mass is 10.2. The molecule has 0 radical (unpaired) electrons. The highest BCUT2D eigenvalue weighted by Crippen LogP contribution is 2.34. The number of carbonyl (C=O) groups is 1. The number of rotatable bonds is 5. The number of allylic oxidation sites excluding steroid dienone is 1. The van der Waals surface area contributed by atoms with E-state index in [1.807, 2.05) is 35.7 Å². The van der Waals surface area contributed by atoms with Gasteiger partial charge in [0.1, 0.15) is 22.4 Å². The van der Waals surface area contributed by atoms with Crippen molar-refractivity contribution in [2.24, 2.45) is 0 Å². The second-order valence-corrected chi connectivity index (χ2v) is 6.90. The number of thiazole rings is 1. The Bertz CT molecular complexity index is 1130. The van der Waals surface area contributed by atoms with Crippen LogP contribution in [-0.2, 0) is 4.79 Å². The van der Waals surface area contributed by atoms with Crippen molar-refractivity contribution in [3.8, 4) is 34.6 Å². The lowest BCUT2D eigenvalue weighted by Crippen LogP contribution is -2.00. The Kier molecular flexibility index (Phi) is 5.14. The molecule has 0 fully saturated rings. The van der Waals surface area contributed by atoms with Crippen molar-refractivity contribution in [3.63, 3.8) is 0 Å².